The molecule has 2 aliphatic rings. The van der Waals surface area contributed by atoms with Crippen molar-refractivity contribution < 1.29 is 19.1 Å². The van der Waals surface area contributed by atoms with Crippen molar-refractivity contribution >= 4 is 5.91 Å². The maximum absolute atomic E-state index is 13.1. The van der Waals surface area contributed by atoms with Gasteiger partial charge in [-0.3, -0.25) is 4.79 Å². The van der Waals surface area contributed by atoms with Crippen LogP contribution in [0.15, 0.2) is 28.7 Å². The molecular weight excluding hydrogens is 320 g/mol. The number of carbonyl (C=O) groups is 1. The van der Waals surface area contributed by atoms with Crippen molar-refractivity contribution in [1.29, 1.82) is 0 Å². The Labute approximate surface area is 146 Å². The Kier molecular flexibility index (Phi) is 4.00. The molecule has 2 aromatic rings. The summed E-state index contributed by atoms with van der Waals surface area (Å²) in [6, 6.07) is 7.42. The second-order valence-electron chi connectivity index (χ2n) is 6.88. The van der Waals surface area contributed by atoms with E-state index >= 15 is 0 Å². The number of oxazole rings is 1. The third-order valence-corrected chi connectivity index (χ3v) is 4.95. The molecular formula is C19H22N2O4. The highest BCUT2D eigenvalue weighted by Gasteiger charge is 2.39. The summed E-state index contributed by atoms with van der Waals surface area (Å²) in [5.74, 6) is 1.85. The molecule has 1 aromatic heterocycles. The van der Waals surface area contributed by atoms with Gasteiger partial charge in [0.1, 0.15) is 5.75 Å². The van der Waals surface area contributed by atoms with E-state index in [-0.39, 0.29) is 11.9 Å². The molecule has 132 valence electrons. The van der Waals surface area contributed by atoms with E-state index < -0.39 is 6.10 Å². The van der Waals surface area contributed by atoms with E-state index in [0.717, 1.165) is 24.2 Å². The molecule has 1 saturated heterocycles. The first-order chi connectivity index (χ1) is 12.1. The first-order valence-corrected chi connectivity index (χ1v) is 8.67. The molecule has 2 fully saturated rings. The second kappa shape index (κ2) is 6.19. The number of β-amino-alcohol motifs (C(OH)–C–C–N with tert-alkyl or cyclic N) is 1. The maximum atomic E-state index is 13.1. The number of likely N-dealkylation sites (tertiary alicyclic amines) is 1. The molecule has 6 nitrogen and oxygen atoms in total. The monoisotopic (exact) mass is 342 g/mol. The van der Waals surface area contributed by atoms with Crippen LogP contribution in [-0.4, -0.2) is 40.7 Å². The highest BCUT2D eigenvalue weighted by Crippen LogP contribution is 2.41. The van der Waals surface area contributed by atoms with E-state index in [9.17, 15) is 9.90 Å². The van der Waals surface area contributed by atoms with Gasteiger partial charge in [0.25, 0.3) is 5.91 Å². The number of aromatic nitrogens is 1. The van der Waals surface area contributed by atoms with Crippen molar-refractivity contribution in [2.24, 2.45) is 0 Å². The molecule has 0 unspecified atom stereocenters. The molecule has 6 heteroatoms. The number of nitrogens with zero attached hydrogens (tertiary/aromatic N) is 2. The summed E-state index contributed by atoms with van der Waals surface area (Å²) in [6.07, 6.45) is 2.10. The Morgan fingerprint density at radius 3 is 2.92 bits per heavy atom. The molecule has 2 heterocycles. The second-order valence-corrected chi connectivity index (χ2v) is 6.88. The van der Waals surface area contributed by atoms with Crippen molar-refractivity contribution in [3.63, 3.8) is 0 Å². The van der Waals surface area contributed by atoms with Crippen LogP contribution in [0.3, 0.4) is 0 Å². The summed E-state index contributed by atoms with van der Waals surface area (Å²) in [7, 11) is 1.61. The van der Waals surface area contributed by atoms with Crippen LogP contribution in [-0.2, 0) is 0 Å². The van der Waals surface area contributed by atoms with Gasteiger partial charge in [0.2, 0.25) is 5.76 Å². The van der Waals surface area contributed by atoms with Crippen LogP contribution in [0.4, 0.5) is 0 Å². The molecule has 4 rings (SSSR count). The van der Waals surface area contributed by atoms with Gasteiger partial charge in [0.05, 0.1) is 24.9 Å². The van der Waals surface area contributed by atoms with Gasteiger partial charge in [0.15, 0.2) is 5.89 Å². The number of ether oxygens (including phenoxy) is 1. The number of hydrogen-bond acceptors (Lipinski definition) is 5. The zero-order valence-electron chi connectivity index (χ0n) is 14.4. The number of aryl methyl sites for hydroxylation is 1. The summed E-state index contributed by atoms with van der Waals surface area (Å²) in [6.45, 7) is 2.09. The normalized spacial score (nSPS) is 23.1. The Hall–Kier alpha value is -2.34. The van der Waals surface area contributed by atoms with E-state index in [4.69, 9.17) is 9.15 Å². The Balaban J connectivity index is 1.63. The number of rotatable bonds is 4. The summed E-state index contributed by atoms with van der Waals surface area (Å²) < 4.78 is 11.1. The molecule has 1 amide bonds. The number of carbonyl (C=O) groups excluding carboxylic acids is 1. The summed E-state index contributed by atoms with van der Waals surface area (Å²) >= 11 is 0. The van der Waals surface area contributed by atoms with Crippen molar-refractivity contribution in [1.82, 2.24) is 9.88 Å². The topological polar surface area (TPSA) is 75.8 Å². The molecule has 0 radical (unpaired) electrons. The van der Waals surface area contributed by atoms with Crippen LogP contribution < -0.4 is 4.74 Å². The summed E-state index contributed by atoms with van der Waals surface area (Å²) in [4.78, 5) is 19.2. The number of aliphatic hydroxyl groups is 1. The molecule has 1 aliphatic heterocycles. The van der Waals surface area contributed by atoms with Crippen molar-refractivity contribution in [3.05, 3.63) is 47.2 Å². The van der Waals surface area contributed by atoms with Gasteiger partial charge in [0, 0.05) is 12.5 Å². The Morgan fingerprint density at radius 2 is 2.20 bits per heavy atom. The number of methoxy groups -OCH3 is 1. The third-order valence-electron chi connectivity index (χ3n) is 4.95. The first kappa shape index (κ1) is 16.1. The van der Waals surface area contributed by atoms with Crippen LogP contribution >= 0.6 is 0 Å². The fourth-order valence-electron chi connectivity index (χ4n) is 3.45. The number of amides is 1. The van der Waals surface area contributed by atoms with E-state index in [0.29, 0.717) is 36.2 Å². The van der Waals surface area contributed by atoms with Gasteiger partial charge in [-0.1, -0.05) is 12.1 Å². The van der Waals surface area contributed by atoms with E-state index in [1.165, 1.54) is 0 Å². The van der Waals surface area contributed by atoms with Crippen molar-refractivity contribution in [2.75, 3.05) is 13.7 Å². The maximum Gasteiger partial charge on any atom is 0.292 e. The van der Waals surface area contributed by atoms with Gasteiger partial charge in [-0.2, -0.15) is 0 Å². The minimum atomic E-state index is -0.550. The van der Waals surface area contributed by atoms with Crippen molar-refractivity contribution in [2.45, 2.75) is 44.2 Å². The van der Waals surface area contributed by atoms with Gasteiger partial charge in [-0.15, -0.1) is 0 Å². The van der Waals surface area contributed by atoms with Gasteiger partial charge in [-0.25, -0.2) is 4.98 Å². The smallest absolute Gasteiger partial charge is 0.292 e. The number of hydrogen-bond donors (Lipinski definition) is 1. The zero-order chi connectivity index (χ0) is 17.6. The third kappa shape index (κ3) is 3.02. The Bertz CT molecular complexity index is 796. The highest BCUT2D eigenvalue weighted by atomic mass is 16.5. The molecule has 0 bridgehead atoms. The molecule has 2 atom stereocenters. The largest absolute Gasteiger partial charge is 0.497 e. The van der Waals surface area contributed by atoms with Gasteiger partial charge < -0.3 is 19.2 Å². The number of aliphatic hydroxyl groups excluding tert-OH is 1. The quantitative estimate of drug-likeness (QED) is 0.925. The average molecular weight is 342 g/mol. The lowest BCUT2D eigenvalue weighted by Crippen LogP contribution is -2.32. The average Bonchev–Trinajstić information content (AvgIpc) is 3.29. The number of benzene rings is 1. The predicted molar refractivity (Wildman–Crippen MR) is 90.6 cm³/mol. The van der Waals surface area contributed by atoms with E-state index in [2.05, 4.69) is 4.98 Å². The molecule has 1 N–H and O–H groups in total. The van der Waals surface area contributed by atoms with Crippen molar-refractivity contribution in [3.8, 4) is 5.75 Å². The molecule has 1 aromatic carbocycles. The van der Waals surface area contributed by atoms with Crippen LogP contribution in [0.5, 0.6) is 5.75 Å². The zero-order valence-corrected chi connectivity index (χ0v) is 14.4. The standard InChI is InChI=1S/C19H22N2O4/c1-11-17(25-18(20-11)12-6-7-12)19(23)21-10-14(22)9-16(21)13-4-3-5-15(8-13)24-2/h3-5,8,12,14,16,22H,6-7,9-10H2,1-2H3/t14-,16-/m1/s1. The van der Waals surface area contributed by atoms with Crippen LogP contribution in [0.2, 0.25) is 0 Å². The minimum Gasteiger partial charge on any atom is -0.497 e. The lowest BCUT2D eigenvalue weighted by molar-refractivity contribution is 0.0680. The summed E-state index contributed by atoms with van der Waals surface area (Å²) in [5.41, 5.74) is 1.57. The molecule has 1 saturated carbocycles. The van der Waals surface area contributed by atoms with Crippen LogP contribution in [0.25, 0.3) is 0 Å². The van der Waals surface area contributed by atoms with Crippen LogP contribution in [0.1, 0.15) is 58.9 Å². The molecule has 25 heavy (non-hydrogen) atoms. The van der Waals surface area contributed by atoms with Gasteiger partial charge in [-0.05, 0) is 43.9 Å². The fourth-order valence-corrected chi connectivity index (χ4v) is 3.45. The lowest BCUT2D eigenvalue weighted by atomic mass is 10.0. The highest BCUT2D eigenvalue weighted by molar-refractivity contribution is 5.93. The van der Waals surface area contributed by atoms with Crippen LogP contribution in [0, 0.1) is 6.92 Å². The SMILES string of the molecule is COc1cccc([C@H]2C[C@@H](O)CN2C(=O)c2oc(C3CC3)nc2C)c1. The molecule has 0 spiro atoms. The van der Waals surface area contributed by atoms with E-state index in [1.807, 2.05) is 24.3 Å². The fraction of sp³-hybridized carbons (Fsp3) is 0.474. The summed E-state index contributed by atoms with van der Waals surface area (Å²) in [5, 5.41) is 10.2. The molecule has 1 aliphatic carbocycles. The first-order valence-electron chi connectivity index (χ1n) is 8.67. The predicted octanol–water partition coefficient (Wildman–Crippen LogP) is 2.82. The van der Waals surface area contributed by atoms with E-state index in [1.54, 1.807) is 18.9 Å². The van der Waals surface area contributed by atoms with Gasteiger partial charge >= 0.3 is 0 Å². The Morgan fingerprint density at radius 1 is 1.40 bits per heavy atom. The minimum absolute atomic E-state index is 0.202. The lowest BCUT2D eigenvalue weighted by Gasteiger charge is -2.24.